The van der Waals surface area contributed by atoms with Gasteiger partial charge in [-0.3, -0.25) is 5.11 Å². The van der Waals surface area contributed by atoms with E-state index in [2.05, 4.69) is 10.3 Å². The lowest BCUT2D eigenvalue weighted by molar-refractivity contribution is 0.354. The van der Waals surface area contributed by atoms with Gasteiger partial charge in [0.15, 0.2) is 5.75 Å². The Bertz CT molecular complexity index is 850. The summed E-state index contributed by atoms with van der Waals surface area (Å²) in [5.74, 6) is 0.497. The lowest BCUT2D eigenvalue weighted by Gasteiger charge is -2.11. The highest BCUT2D eigenvalue weighted by Crippen LogP contribution is 2.22. The van der Waals surface area contributed by atoms with Gasteiger partial charge in [-0.1, -0.05) is 47.5 Å². The van der Waals surface area contributed by atoms with E-state index in [-0.39, 0.29) is 5.75 Å². The molecule has 119 valence electrons. The number of hydrogen-bond donors (Lipinski definition) is 1. The first-order chi connectivity index (χ1) is 11.6. The molecule has 24 heavy (non-hydrogen) atoms. The van der Waals surface area contributed by atoms with Crippen LogP contribution in [0.15, 0.2) is 77.8 Å². The molecule has 0 unspecified atom stereocenters. The van der Waals surface area contributed by atoms with Crippen LogP contribution in [0.25, 0.3) is 0 Å². The summed E-state index contributed by atoms with van der Waals surface area (Å²) < 4.78 is 0. The molecule has 0 saturated heterocycles. The van der Waals surface area contributed by atoms with Gasteiger partial charge in [0.1, 0.15) is 5.84 Å². The second kappa shape index (κ2) is 7.01. The van der Waals surface area contributed by atoms with Gasteiger partial charge in [0.25, 0.3) is 0 Å². The van der Waals surface area contributed by atoms with Crippen molar-refractivity contribution < 1.29 is 5.11 Å². The second-order valence-corrected chi connectivity index (χ2v) is 5.78. The number of anilines is 1. The van der Waals surface area contributed by atoms with Crippen molar-refractivity contribution in [2.75, 3.05) is 5.32 Å². The lowest BCUT2D eigenvalue weighted by Crippen LogP contribution is -2.13. The van der Waals surface area contributed by atoms with Gasteiger partial charge in [-0.05, 0) is 50.2 Å². The Morgan fingerprint density at radius 2 is 1.38 bits per heavy atom. The first-order valence-corrected chi connectivity index (χ1v) is 7.87. The predicted octanol–water partition coefficient (Wildman–Crippen LogP) is 5.64. The summed E-state index contributed by atoms with van der Waals surface area (Å²) in [6.07, 6.45) is 0. The standard InChI is InChI=1S/C21H19N2O/c1-15-7-11-17(12-8-15)22-21(19-5-3-4-6-20(19)24)23-18-13-9-16(2)10-14-18/h3-14H,1-2H3,(H,22,23). The Labute approximate surface area is 142 Å². The van der Waals surface area contributed by atoms with E-state index < -0.39 is 0 Å². The van der Waals surface area contributed by atoms with Crippen LogP contribution in [0, 0.1) is 13.8 Å². The number of nitrogens with zero attached hydrogens (tertiary/aromatic N) is 1. The van der Waals surface area contributed by atoms with Crippen molar-refractivity contribution in [2.45, 2.75) is 13.8 Å². The zero-order valence-electron chi connectivity index (χ0n) is 13.8. The van der Waals surface area contributed by atoms with Crippen LogP contribution in [0.4, 0.5) is 11.4 Å². The third-order valence-electron chi connectivity index (χ3n) is 3.73. The van der Waals surface area contributed by atoms with Crippen molar-refractivity contribution in [1.29, 1.82) is 0 Å². The highest BCUT2D eigenvalue weighted by atomic mass is 16.3. The topological polar surface area (TPSA) is 44.3 Å². The van der Waals surface area contributed by atoms with Gasteiger partial charge >= 0.3 is 0 Å². The summed E-state index contributed by atoms with van der Waals surface area (Å²) in [6.45, 7) is 4.07. The molecular formula is C21H19N2O. The summed E-state index contributed by atoms with van der Waals surface area (Å²) in [5, 5.41) is 15.5. The molecule has 3 rings (SSSR count). The molecule has 0 aliphatic rings. The molecule has 0 amide bonds. The molecule has 0 saturated carbocycles. The van der Waals surface area contributed by atoms with Crippen molar-refractivity contribution in [3.63, 3.8) is 0 Å². The molecule has 1 N–H and O–H groups in total. The zero-order valence-corrected chi connectivity index (χ0v) is 13.8. The number of aliphatic imine (C=N–C) groups is 1. The van der Waals surface area contributed by atoms with E-state index >= 15 is 0 Å². The van der Waals surface area contributed by atoms with Gasteiger partial charge in [0.2, 0.25) is 0 Å². The maximum absolute atomic E-state index is 12.2. The first-order valence-electron chi connectivity index (χ1n) is 7.87. The van der Waals surface area contributed by atoms with Gasteiger partial charge in [-0.2, -0.15) is 0 Å². The minimum Gasteiger partial charge on any atom is -0.340 e. The van der Waals surface area contributed by atoms with Crippen LogP contribution >= 0.6 is 0 Å². The van der Waals surface area contributed by atoms with Crippen molar-refractivity contribution in [3.05, 3.63) is 89.5 Å². The minimum absolute atomic E-state index is 0.0528. The van der Waals surface area contributed by atoms with Gasteiger partial charge < -0.3 is 5.32 Å². The number of para-hydroxylation sites is 1. The number of hydrogen-bond acceptors (Lipinski definition) is 1. The molecule has 3 aromatic rings. The summed E-state index contributed by atoms with van der Waals surface area (Å²) >= 11 is 0. The third-order valence-corrected chi connectivity index (χ3v) is 3.73. The van der Waals surface area contributed by atoms with Gasteiger partial charge in [0, 0.05) is 5.69 Å². The van der Waals surface area contributed by atoms with Crippen LogP contribution in [0.2, 0.25) is 0 Å². The molecule has 1 radical (unpaired) electrons. The highest BCUT2D eigenvalue weighted by molar-refractivity contribution is 6.11. The van der Waals surface area contributed by atoms with Crippen LogP contribution in [0.1, 0.15) is 16.7 Å². The molecule has 0 atom stereocenters. The average Bonchev–Trinajstić information content (AvgIpc) is 2.59. The fourth-order valence-corrected chi connectivity index (χ4v) is 2.34. The molecule has 0 fully saturated rings. The van der Waals surface area contributed by atoms with Crippen molar-refractivity contribution in [1.82, 2.24) is 0 Å². The summed E-state index contributed by atoms with van der Waals surface area (Å²) in [5.41, 5.74) is 4.61. The molecule has 3 aromatic carbocycles. The van der Waals surface area contributed by atoms with Crippen molar-refractivity contribution in [3.8, 4) is 5.75 Å². The average molecular weight is 315 g/mol. The number of rotatable bonds is 3. The van der Waals surface area contributed by atoms with E-state index in [1.807, 2.05) is 68.4 Å². The molecule has 0 aliphatic carbocycles. The monoisotopic (exact) mass is 315 g/mol. The Kier molecular flexibility index (Phi) is 4.62. The fraction of sp³-hybridized carbons (Fsp3) is 0.0952. The van der Waals surface area contributed by atoms with E-state index in [9.17, 15) is 5.11 Å². The minimum atomic E-state index is -0.0528. The molecule has 3 heteroatoms. The zero-order chi connectivity index (χ0) is 16.9. The van der Waals surface area contributed by atoms with Crippen molar-refractivity contribution >= 4 is 17.2 Å². The van der Waals surface area contributed by atoms with E-state index in [0.717, 1.165) is 11.4 Å². The van der Waals surface area contributed by atoms with Gasteiger partial charge in [0.05, 0.1) is 11.3 Å². The third kappa shape index (κ3) is 3.82. The summed E-state index contributed by atoms with van der Waals surface area (Å²) in [7, 11) is 0. The first kappa shape index (κ1) is 15.8. The van der Waals surface area contributed by atoms with E-state index in [0.29, 0.717) is 11.4 Å². The van der Waals surface area contributed by atoms with E-state index in [1.165, 1.54) is 11.1 Å². The number of benzene rings is 3. The molecule has 0 bridgehead atoms. The summed E-state index contributed by atoms with van der Waals surface area (Å²) in [6, 6.07) is 22.8. The van der Waals surface area contributed by atoms with E-state index in [1.54, 1.807) is 18.2 Å². The van der Waals surface area contributed by atoms with Crippen molar-refractivity contribution in [2.24, 2.45) is 4.99 Å². The van der Waals surface area contributed by atoms with Crippen LogP contribution in [-0.4, -0.2) is 5.84 Å². The van der Waals surface area contributed by atoms with Crippen LogP contribution < -0.4 is 5.32 Å². The van der Waals surface area contributed by atoms with Gasteiger partial charge in [-0.15, -0.1) is 0 Å². The Balaban J connectivity index is 2.01. The number of aryl methyl sites for hydroxylation is 2. The summed E-state index contributed by atoms with van der Waals surface area (Å²) in [4.78, 5) is 4.65. The predicted molar refractivity (Wildman–Crippen MR) is 98.8 cm³/mol. The number of nitrogens with one attached hydrogen (secondary N) is 1. The quantitative estimate of drug-likeness (QED) is 0.493. The Hall–Kier alpha value is -3.07. The smallest absolute Gasteiger partial charge is 0.189 e. The fourth-order valence-electron chi connectivity index (χ4n) is 2.34. The molecule has 3 nitrogen and oxygen atoms in total. The normalized spacial score (nSPS) is 11.3. The molecule has 0 aromatic heterocycles. The number of amidine groups is 1. The van der Waals surface area contributed by atoms with Crippen LogP contribution in [-0.2, 0) is 5.11 Å². The largest absolute Gasteiger partial charge is 0.340 e. The Morgan fingerprint density at radius 1 is 0.792 bits per heavy atom. The van der Waals surface area contributed by atoms with E-state index in [4.69, 9.17) is 0 Å². The van der Waals surface area contributed by atoms with Gasteiger partial charge in [-0.25, -0.2) is 4.99 Å². The molecule has 0 aliphatic heterocycles. The molecule has 0 heterocycles. The second-order valence-electron chi connectivity index (χ2n) is 5.78. The van der Waals surface area contributed by atoms with Crippen LogP contribution in [0.3, 0.4) is 0 Å². The molecule has 0 spiro atoms. The SMILES string of the molecule is Cc1ccc(N=C(Nc2ccc(C)cc2)c2ccccc2[O])cc1. The maximum atomic E-state index is 12.2. The molecular weight excluding hydrogens is 296 g/mol. The Morgan fingerprint density at radius 3 is 2.00 bits per heavy atom. The maximum Gasteiger partial charge on any atom is 0.189 e. The highest BCUT2D eigenvalue weighted by Gasteiger charge is 2.10. The van der Waals surface area contributed by atoms with Crippen LogP contribution in [0.5, 0.6) is 5.75 Å². The lowest BCUT2D eigenvalue weighted by atomic mass is 10.1.